The maximum atomic E-state index is 11.8. The van der Waals surface area contributed by atoms with Crippen molar-refractivity contribution in [3.8, 4) is 0 Å². The minimum Gasteiger partial charge on any atom is -0.457 e. The number of allylic oxidation sites excluding steroid dienone is 1. The summed E-state index contributed by atoms with van der Waals surface area (Å²) in [6.45, 7) is 1.32. The predicted octanol–water partition coefficient (Wildman–Crippen LogP) is 2.49. The molecule has 0 bridgehead atoms. The summed E-state index contributed by atoms with van der Waals surface area (Å²) in [6, 6.07) is 7.08. The Hall–Kier alpha value is -1.61. The van der Waals surface area contributed by atoms with E-state index in [1.165, 1.54) is 13.0 Å². The molecule has 1 unspecified atom stereocenters. The first-order valence-corrected chi connectivity index (χ1v) is 5.61. The van der Waals surface area contributed by atoms with E-state index in [0.29, 0.717) is 10.6 Å². The van der Waals surface area contributed by atoms with Crippen LogP contribution in [-0.4, -0.2) is 17.9 Å². The van der Waals surface area contributed by atoms with Crippen molar-refractivity contribution in [1.82, 2.24) is 0 Å². The van der Waals surface area contributed by atoms with Crippen molar-refractivity contribution in [3.05, 3.63) is 47.0 Å². The highest BCUT2D eigenvalue weighted by Crippen LogP contribution is 2.33. The second-order valence-electron chi connectivity index (χ2n) is 3.83. The second-order valence-corrected chi connectivity index (χ2v) is 4.24. The van der Waals surface area contributed by atoms with Gasteiger partial charge in [-0.15, -0.1) is 0 Å². The van der Waals surface area contributed by atoms with Gasteiger partial charge in [-0.2, -0.15) is 0 Å². The third kappa shape index (κ3) is 2.39. The normalized spacial score (nSPS) is 22.8. The molecule has 2 atom stereocenters. The van der Waals surface area contributed by atoms with Gasteiger partial charge in [0.05, 0.1) is 5.92 Å². The molecule has 4 heteroatoms. The van der Waals surface area contributed by atoms with E-state index < -0.39 is 18.0 Å². The van der Waals surface area contributed by atoms with Gasteiger partial charge >= 0.3 is 5.97 Å². The molecule has 0 aliphatic heterocycles. The molecule has 1 aromatic rings. The Morgan fingerprint density at radius 2 is 2.06 bits per heavy atom. The maximum Gasteiger partial charge on any atom is 0.303 e. The average Bonchev–Trinajstić information content (AvgIpc) is 2.60. The zero-order valence-corrected chi connectivity index (χ0v) is 9.98. The molecule has 0 aromatic heterocycles. The number of benzene rings is 1. The van der Waals surface area contributed by atoms with Gasteiger partial charge in [0.1, 0.15) is 6.10 Å². The fourth-order valence-corrected chi connectivity index (χ4v) is 2.18. The number of rotatable bonds is 2. The Morgan fingerprint density at radius 1 is 1.35 bits per heavy atom. The predicted molar refractivity (Wildman–Crippen MR) is 63.9 cm³/mol. The van der Waals surface area contributed by atoms with Gasteiger partial charge in [-0.25, -0.2) is 0 Å². The van der Waals surface area contributed by atoms with E-state index in [4.69, 9.17) is 16.3 Å². The smallest absolute Gasteiger partial charge is 0.303 e. The molecule has 0 fully saturated rings. The lowest BCUT2D eigenvalue weighted by Gasteiger charge is -2.19. The molecule has 0 N–H and O–H groups in total. The summed E-state index contributed by atoms with van der Waals surface area (Å²) in [6.07, 6.45) is 2.47. The van der Waals surface area contributed by atoms with Gasteiger partial charge in [0, 0.05) is 11.9 Å². The molecular weight excluding hydrogens is 240 g/mol. The van der Waals surface area contributed by atoms with Crippen molar-refractivity contribution in [3.63, 3.8) is 0 Å². The first kappa shape index (κ1) is 11.9. The van der Waals surface area contributed by atoms with Crippen molar-refractivity contribution in [2.75, 3.05) is 0 Å². The number of hydrogen-bond acceptors (Lipinski definition) is 3. The van der Waals surface area contributed by atoms with E-state index in [1.807, 2.05) is 0 Å². The molecule has 0 saturated carbocycles. The quantitative estimate of drug-likeness (QED) is 0.758. The van der Waals surface area contributed by atoms with Gasteiger partial charge in [-0.1, -0.05) is 29.8 Å². The fourth-order valence-electron chi connectivity index (χ4n) is 1.92. The number of carbonyl (C=O) groups excluding carboxylic acids is 2. The number of hydrogen-bond donors (Lipinski definition) is 0. The summed E-state index contributed by atoms with van der Waals surface area (Å²) in [4.78, 5) is 22.7. The Labute approximate surface area is 104 Å². The van der Waals surface area contributed by atoms with Crippen LogP contribution in [0.15, 0.2) is 36.4 Å². The van der Waals surface area contributed by atoms with Crippen LogP contribution >= 0.6 is 11.6 Å². The fraction of sp³-hybridized carbons (Fsp3) is 0.231. The van der Waals surface area contributed by atoms with E-state index in [9.17, 15) is 9.59 Å². The van der Waals surface area contributed by atoms with Gasteiger partial charge < -0.3 is 4.74 Å². The lowest BCUT2D eigenvalue weighted by Crippen LogP contribution is -2.23. The minimum atomic E-state index is -0.556. The summed E-state index contributed by atoms with van der Waals surface area (Å²) in [5.41, 5.74) is 0.690. The lowest BCUT2D eigenvalue weighted by atomic mass is 9.94. The van der Waals surface area contributed by atoms with Crippen LogP contribution in [0.1, 0.15) is 18.4 Å². The van der Waals surface area contributed by atoms with E-state index >= 15 is 0 Å². The van der Waals surface area contributed by atoms with Crippen LogP contribution in [-0.2, 0) is 14.3 Å². The number of ether oxygens (including phenoxy) is 1. The van der Waals surface area contributed by atoms with Crippen LogP contribution in [0.25, 0.3) is 0 Å². The molecule has 0 amide bonds. The zero-order chi connectivity index (χ0) is 12.4. The van der Waals surface area contributed by atoms with Crippen molar-refractivity contribution in [2.45, 2.75) is 18.9 Å². The van der Waals surface area contributed by atoms with E-state index in [1.54, 1.807) is 30.3 Å². The minimum absolute atomic E-state index is 0.0932. The number of ketones is 1. The second kappa shape index (κ2) is 4.72. The molecule has 3 nitrogen and oxygen atoms in total. The summed E-state index contributed by atoms with van der Waals surface area (Å²) in [5, 5.41) is 0.506. The van der Waals surface area contributed by atoms with Crippen LogP contribution in [0.5, 0.6) is 0 Å². The molecule has 1 aromatic carbocycles. The highest BCUT2D eigenvalue weighted by Gasteiger charge is 2.34. The Bertz CT molecular complexity index is 493. The van der Waals surface area contributed by atoms with Crippen molar-refractivity contribution in [1.29, 1.82) is 0 Å². The van der Waals surface area contributed by atoms with Crippen molar-refractivity contribution >= 4 is 23.4 Å². The molecule has 88 valence electrons. The number of halogens is 1. The third-order valence-corrected chi connectivity index (χ3v) is 2.97. The van der Waals surface area contributed by atoms with Gasteiger partial charge in [-0.3, -0.25) is 9.59 Å². The molecule has 2 rings (SSSR count). The Balaban J connectivity index is 2.33. The van der Waals surface area contributed by atoms with Crippen LogP contribution < -0.4 is 0 Å². The monoisotopic (exact) mass is 250 g/mol. The van der Waals surface area contributed by atoms with E-state index in [-0.39, 0.29) is 5.78 Å². The van der Waals surface area contributed by atoms with Gasteiger partial charge in [-0.05, 0) is 23.8 Å². The van der Waals surface area contributed by atoms with Crippen LogP contribution in [0.4, 0.5) is 0 Å². The molecule has 0 saturated heterocycles. The zero-order valence-electron chi connectivity index (χ0n) is 9.22. The average molecular weight is 251 g/mol. The standard InChI is InChI=1S/C13H11ClO3/c1-8(15)17-12-7-6-11(16)13(12)9-4-2-3-5-10(9)14/h2-7,12-13H,1H3/t12-,13?/m0/s1. The third-order valence-electron chi connectivity index (χ3n) is 2.63. The topological polar surface area (TPSA) is 43.4 Å². The van der Waals surface area contributed by atoms with Gasteiger partial charge in [0.25, 0.3) is 0 Å². The summed E-state index contributed by atoms with van der Waals surface area (Å²) < 4.78 is 5.10. The summed E-state index contributed by atoms with van der Waals surface area (Å²) in [7, 11) is 0. The molecule has 0 heterocycles. The van der Waals surface area contributed by atoms with Gasteiger partial charge in [0.2, 0.25) is 0 Å². The Kier molecular flexibility index (Phi) is 3.29. The summed E-state index contributed by atoms with van der Waals surface area (Å²) in [5.74, 6) is -1.02. The Morgan fingerprint density at radius 3 is 2.71 bits per heavy atom. The number of carbonyl (C=O) groups is 2. The van der Waals surface area contributed by atoms with Crippen LogP contribution in [0.3, 0.4) is 0 Å². The van der Waals surface area contributed by atoms with E-state index in [0.717, 1.165) is 0 Å². The highest BCUT2D eigenvalue weighted by atomic mass is 35.5. The molecule has 1 aliphatic carbocycles. The maximum absolute atomic E-state index is 11.8. The van der Waals surface area contributed by atoms with Crippen LogP contribution in [0, 0.1) is 0 Å². The SMILES string of the molecule is CC(=O)O[C@H]1C=CC(=O)C1c1ccccc1Cl. The molecular formula is C13H11ClO3. The molecule has 1 aliphatic rings. The van der Waals surface area contributed by atoms with Gasteiger partial charge in [0.15, 0.2) is 5.78 Å². The highest BCUT2D eigenvalue weighted by molar-refractivity contribution is 6.31. The summed E-state index contributed by atoms with van der Waals surface area (Å²) >= 11 is 6.05. The number of esters is 1. The molecule has 0 radical (unpaired) electrons. The first-order chi connectivity index (χ1) is 8.09. The van der Waals surface area contributed by atoms with Crippen LogP contribution in [0.2, 0.25) is 5.02 Å². The van der Waals surface area contributed by atoms with Crippen molar-refractivity contribution in [2.24, 2.45) is 0 Å². The van der Waals surface area contributed by atoms with Crippen molar-refractivity contribution < 1.29 is 14.3 Å². The first-order valence-electron chi connectivity index (χ1n) is 5.23. The van der Waals surface area contributed by atoms with E-state index in [2.05, 4.69) is 0 Å². The molecule has 17 heavy (non-hydrogen) atoms. The lowest BCUT2D eigenvalue weighted by molar-refractivity contribution is -0.145. The largest absolute Gasteiger partial charge is 0.457 e. The molecule has 0 spiro atoms.